The van der Waals surface area contributed by atoms with E-state index in [0.717, 1.165) is 37.6 Å². The van der Waals surface area contributed by atoms with Gasteiger partial charge in [0, 0.05) is 12.1 Å². The summed E-state index contributed by atoms with van der Waals surface area (Å²) in [6.45, 7) is 9.87. The SMILES string of the molecule is CCNC(C)(CO)CCCn1nc(C)nc1C. The van der Waals surface area contributed by atoms with E-state index in [1.165, 1.54) is 0 Å². The predicted molar refractivity (Wildman–Crippen MR) is 67.9 cm³/mol. The minimum absolute atomic E-state index is 0.163. The van der Waals surface area contributed by atoms with Crippen molar-refractivity contribution >= 4 is 0 Å². The van der Waals surface area contributed by atoms with Crippen LogP contribution in [0.4, 0.5) is 0 Å². The molecule has 2 N–H and O–H groups in total. The summed E-state index contributed by atoms with van der Waals surface area (Å²) in [5.74, 6) is 1.77. The van der Waals surface area contributed by atoms with Gasteiger partial charge in [0.05, 0.1) is 6.61 Å². The second-order valence-corrected chi connectivity index (χ2v) is 4.78. The molecule has 5 heteroatoms. The number of hydrogen-bond acceptors (Lipinski definition) is 4. The average Bonchev–Trinajstić information content (AvgIpc) is 2.58. The molecule has 1 aromatic heterocycles. The van der Waals surface area contributed by atoms with Crippen LogP contribution in [0.25, 0.3) is 0 Å². The van der Waals surface area contributed by atoms with Crippen molar-refractivity contribution < 1.29 is 5.11 Å². The highest BCUT2D eigenvalue weighted by atomic mass is 16.3. The molecule has 0 bridgehead atoms. The van der Waals surface area contributed by atoms with E-state index in [-0.39, 0.29) is 12.1 Å². The molecule has 5 nitrogen and oxygen atoms in total. The lowest BCUT2D eigenvalue weighted by molar-refractivity contribution is 0.163. The second-order valence-electron chi connectivity index (χ2n) is 4.78. The third kappa shape index (κ3) is 4.09. The van der Waals surface area contributed by atoms with Crippen molar-refractivity contribution in [3.63, 3.8) is 0 Å². The Bertz CT molecular complexity index is 350. The van der Waals surface area contributed by atoms with E-state index in [4.69, 9.17) is 0 Å². The van der Waals surface area contributed by atoms with E-state index < -0.39 is 0 Å². The van der Waals surface area contributed by atoms with Crippen LogP contribution in [0.3, 0.4) is 0 Å². The molecule has 0 amide bonds. The largest absolute Gasteiger partial charge is 0.394 e. The van der Waals surface area contributed by atoms with Gasteiger partial charge in [-0.3, -0.25) is 4.68 Å². The molecular formula is C12H24N4O. The highest BCUT2D eigenvalue weighted by molar-refractivity contribution is 4.88. The van der Waals surface area contributed by atoms with Gasteiger partial charge in [0.1, 0.15) is 11.6 Å². The monoisotopic (exact) mass is 240 g/mol. The van der Waals surface area contributed by atoms with E-state index >= 15 is 0 Å². The van der Waals surface area contributed by atoms with Crippen LogP contribution in [0.1, 0.15) is 38.3 Å². The van der Waals surface area contributed by atoms with Crippen LogP contribution in [-0.2, 0) is 6.54 Å². The van der Waals surface area contributed by atoms with E-state index in [9.17, 15) is 5.11 Å². The number of hydrogen-bond donors (Lipinski definition) is 2. The molecule has 0 aliphatic carbocycles. The highest BCUT2D eigenvalue weighted by Crippen LogP contribution is 2.12. The number of aromatic nitrogens is 3. The lowest BCUT2D eigenvalue weighted by Gasteiger charge is -2.28. The van der Waals surface area contributed by atoms with Crippen LogP contribution in [-0.4, -0.2) is 38.6 Å². The molecule has 1 rings (SSSR count). The molecule has 1 unspecified atom stereocenters. The molecule has 1 heterocycles. The summed E-state index contributed by atoms with van der Waals surface area (Å²) in [6, 6.07) is 0. The summed E-state index contributed by atoms with van der Waals surface area (Å²) in [6.07, 6.45) is 1.91. The van der Waals surface area contributed by atoms with Crippen LogP contribution in [0.15, 0.2) is 0 Å². The van der Waals surface area contributed by atoms with Gasteiger partial charge in [-0.2, -0.15) is 5.10 Å². The minimum Gasteiger partial charge on any atom is -0.394 e. The van der Waals surface area contributed by atoms with Crippen LogP contribution in [0, 0.1) is 13.8 Å². The minimum atomic E-state index is -0.182. The standard InChI is InChI=1S/C12H24N4O/c1-5-13-12(4,9-17)7-6-8-16-11(3)14-10(2)15-16/h13,17H,5-9H2,1-4H3. The molecule has 0 saturated carbocycles. The third-order valence-corrected chi connectivity index (χ3v) is 3.01. The first-order chi connectivity index (χ1) is 8.00. The lowest BCUT2D eigenvalue weighted by Crippen LogP contribution is -2.45. The van der Waals surface area contributed by atoms with Gasteiger partial charge < -0.3 is 10.4 Å². The van der Waals surface area contributed by atoms with Crippen LogP contribution >= 0.6 is 0 Å². The zero-order valence-corrected chi connectivity index (χ0v) is 11.3. The van der Waals surface area contributed by atoms with Gasteiger partial charge in [0.25, 0.3) is 0 Å². The maximum Gasteiger partial charge on any atom is 0.147 e. The van der Waals surface area contributed by atoms with E-state index in [0.29, 0.717) is 0 Å². The van der Waals surface area contributed by atoms with E-state index in [1.54, 1.807) is 0 Å². The van der Waals surface area contributed by atoms with Gasteiger partial charge in [-0.25, -0.2) is 4.98 Å². The number of aryl methyl sites for hydroxylation is 3. The second kappa shape index (κ2) is 6.12. The van der Waals surface area contributed by atoms with Crippen molar-refractivity contribution in [1.82, 2.24) is 20.1 Å². The van der Waals surface area contributed by atoms with Crippen molar-refractivity contribution in [2.24, 2.45) is 0 Å². The van der Waals surface area contributed by atoms with Gasteiger partial charge in [-0.05, 0) is 40.2 Å². The van der Waals surface area contributed by atoms with E-state index in [2.05, 4.69) is 29.2 Å². The summed E-state index contributed by atoms with van der Waals surface area (Å²) >= 11 is 0. The van der Waals surface area contributed by atoms with Gasteiger partial charge in [-0.1, -0.05) is 6.92 Å². The van der Waals surface area contributed by atoms with Crippen molar-refractivity contribution in [1.29, 1.82) is 0 Å². The molecule has 0 spiro atoms. The molecular weight excluding hydrogens is 216 g/mol. The maximum atomic E-state index is 9.38. The Morgan fingerprint density at radius 2 is 2.12 bits per heavy atom. The molecule has 0 aliphatic rings. The van der Waals surface area contributed by atoms with Crippen molar-refractivity contribution in [2.75, 3.05) is 13.2 Å². The maximum absolute atomic E-state index is 9.38. The number of nitrogens with one attached hydrogen (secondary N) is 1. The molecule has 0 fully saturated rings. The molecule has 0 radical (unpaired) electrons. The van der Waals surface area contributed by atoms with Crippen LogP contribution < -0.4 is 5.32 Å². The highest BCUT2D eigenvalue weighted by Gasteiger charge is 2.21. The van der Waals surface area contributed by atoms with Crippen molar-refractivity contribution in [3.8, 4) is 0 Å². The Hall–Kier alpha value is -0.940. The van der Waals surface area contributed by atoms with Crippen molar-refractivity contribution in [2.45, 2.75) is 52.6 Å². The van der Waals surface area contributed by atoms with Gasteiger partial charge in [-0.15, -0.1) is 0 Å². The first kappa shape index (κ1) is 14.1. The van der Waals surface area contributed by atoms with Crippen molar-refractivity contribution in [3.05, 3.63) is 11.6 Å². The summed E-state index contributed by atoms with van der Waals surface area (Å²) in [5.41, 5.74) is -0.182. The fourth-order valence-corrected chi connectivity index (χ4v) is 2.04. The van der Waals surface area contributed by atoms with E-state index in [1.807, 2.05) is 18.5 Å². The quantitative estimate of drug-likeness (QED) is 0.747. The normalized spacial score (nSPS) is 14.9. The molecule has 1 atom stereocenters. The smallest absolute Gasteiger partial charge is 0.147 e. The predicted octanol–water partition coefficient (Wildman–Crippen LogP) is 1.04. The Kier molecular flexibility index (Phi) is 5.08. The molecule has 0 aliphatic heterocycles. The Morgan fingerprint density at radius 3 is 2.59 bits per heavy atom. The number of likely N-dealkylation sites (N-methyl/N-ethyl adjacent to an activating group) is 1. The fraction of sp³-hybridized carbons (Fsp3) is 0.833. The lowest BCUT2D eigenvalue weighted by atomic mass is 9.97. The zero-order valence-electron chi connectivity index (χ0n) is 11.3. The Morgan fingerprint density at radius 1 is 1.41 bits per heavy atom. The molecule has 17 heavy (non-hydrogen) atoms. The van der Waals surface area contributed by atoms with Gasteiger partial charge in [0.15, 0.2) is 0 Å². The van der Waals surface area contributed by atoms with Gasteiger partial charge in [0.2, 0.25) is 0 Å². The first-order valence-corrected chi connectivity index (χ1v) is 6.24. The number of aliphatic hydroxyl groups is 1. The fourth-order valence-electron chi connectivity index (χ4n) is 2.04. The topological polar surface area (TPSA) is 63.0 Å². The van der Waals surface area contributed by atoms with Crippen LogP contribution in [0.2, 0.25) is 0 Å². The molecule has 1 aromatic rings. The van der Waals surface area contributed by atoms with Gasteiger partial charge >= 0.3 is 0 Å². The number of aliphatic hydroxyl groups excluding tert-OH is 1. The molecule has 0 aromatic carbocycles. The Labute approximate surface area is 103 Å². The summed E-state index contributed by atoms with van der Waals surface area (Å²) in [4.78, 5) is 4.27. The molecule has 98 valence electrons. The average molecular weight is 240 g/mol. The number of rotatable bonds is 7. The summed E-state index contributed by atoms with van der Waals surface area (Å²) in [5, 5.41) is 17.0. The summed E-state index contributed by atoms with van der Waals surface area (Å²) in [7, 11) is 0. The number of nitrogens with zero attached hydrogens (tertiary/aromatic N) is 3. The molecule has 0 saturated heterocycles. The van der Waals surface area contributed by atoms with Crippen LogP contribution in [0.5, 0.6) is 0 Å². The third-order valence-electron chi connectivity index (χ3n) is 3.01. The Balaban J connectivity index is 2.43. The first-order valence-electron chi connectivity index (χ1n) is 6.24. The zero-order chi connectivity index (χ0) is 12.9. The summed E-state index contributed by atoms with van der Waals surface area (Å²) < 4.78 is 1.93.